The lowest BCUT2D eigenvalue weighted by atomic mass is 10.1. The van der Waals surface area contributed by atoms with Crippen LogP contribution in [-0.4, -0.2) is 43.1 Å². The van der Waals surface area contributed by atoms with Gasteiger partial charge in [0.2, 0.25) is 0 Å². The van der Waals surface area contributed by atoms with Gasteiger partial charge in [-0.05, 0) is 30.3 Å². The van der Waals surface area contributed by atoms with E-state index in [1.54, 1.807) is 30.3 Å². The van der Waals surface area contributed by atoms with Crippen molar-refractivity contribution in [2.45, 2.75) is 13.5 Å². The van der Waals surface area contributed by atoms with Crippen LogP contribution in [0.1, 0.15) is 33.5 Å². The predicted octanol–water partition coefficient (Wildman–Crippen LogP) is 2.67. The summed E-state index contributed by atoms with van der Waals surface area (Å²) in [6.07, 6.45) is 0. The van der Waals surface area contributed by atoms with Crippen molar-refractivity contribution in [2.24, 2.45) is 0 Å². The SMILES string of the molecule is CC(=O)OCc1ccc(C(=O)O)nc1-c1cccc(-c2cccc(C(=O)O)n2)n1. The van der Waals surface area contributed by atoms with Gasteiger partial charge in [0.1, 0.15) is 18.0 Å². The van der Waals surface area contributed by atoms with Crippen molar-refractivity contribution in [1.82, 2.24) is 15.0 Å². The maximum atomic E-state index is 11.3. The number of carboxylic acid groups (broad SMARTS) is 2. The van der Waals surface area contributed by atoms with E-state index in [9.17, 15) is 19.5 Å². The molecule has 9 heteroatoms. The van der Waals surface area contributed by atoms with Gasteiger partial charge in [0.25, 0.3) is 0 Å². The van der Waals surface area contributed by atoms with Gasteiger partial charge in [-0.2, -0.15) is 0 Å². The first-order valence-corrected chi connectivity index (χ1v) is 8.40. The molecule has 0 spiro atoms. The van der Waals surface area contributed by atoms with E-state index in [0.717, 1.165) is 0 Å². The maximum absolute atomic E-state index is 11.3. The zero-order chi connectivity index (χ0) is 21.0. The molecule has 3 aromatic heterocycles. The molecule has 3 rings (SSSR count). The van der Waals surface area contributed by atoms with Gasteiger partial charge in [0.05, 0.1) is 22.8 Å². The molecule has 146 valence electrons. The van der Waals surface area contributed by atoms with Crippen molar-refractivity contribution in [3.63, 3.8) is 0 Å². The number of carboxylic acids is 2. The second kappa shape index (κ2) is 8.26. The Morgan fingerprint density at radius 3 is 2.03 bits per heavy atom. The van der Waals surface area contributed by atoms with E-state index in [2.05, 4.69) is 15.0 Å². The number of hydrogen-bond acceptors (Lipinski definition) is 7. The third kappa shape index (κ3) is 4.59. The summed E-state index contributed by atoms with van der Waals surface area (Å²) in [5.41, 5.74) is 1.44. The maximum Gasteiger partial charge on any atom is 0.354 e. The van der Waals surface area contributed by atoms with Gasteiger partial charge in [0, 0.05) is 12.5 Å². The molecule has 0 aliphatic heterocycles. The topological polar surface area (TPSA) is 140 Å². The summed E-state index contributed by atoms with van der Waals surface area (Å²) in [7, 11) is 0. The van der Waals surface area contributed by atoms with Gasteiger partial charge in [-0.15, -0.1) is 0 Å². The highest BCUT2D eigenvalue weighted by atomic mass is 16.5. The molecule has 0 saturated carbocycles. The predicted molar refractivity (Wildman–Crippen MR) is 100 cm³/mol. The number of carbonyl (C=O) groups excluding carboxylic acids is 1. The van der Waals surface area contributed by atoms with Gasteiger partial charge < -0.3 is 14.9 Å². The summed E-state index contributed by atoms with van der Waals surface area (Å²) in [4.78, 5) is 46.3. The summed E-state index contributed by atoms with van der Waals surface area (Å²) in [6.45, 7) is 1.16. The molecule has 0 radical (unpaired) electrons. The second-order valence-electron chi connectivity index (χ2n) is 5.91. The summed E-state index contributed by atoms with van der Waals surface area (Å²) in [5.74, 6) is -2.87. The van der Waals surface area contributed by atoms with Crippen LogP contribution >= 0.6 is 0 Å². The van der Waals surface area contributed by atoms with Crippen molar-refractivity contribution in [2.75, 3.05) is 0 Å². The fourth-order valence-electron chi connectivity index (χ4n) is 2.53. The Morgan fingerprint density at radius 1 is 0.793 bits per heavy atom. The molecule has 29 heavy (non-hydrogen) atoms. The number of ether oxygens (including phenoxy) is 1. The van der Waals surface area contributed by atoms with E-state index >= 15 is 0 Å². The molecule has 9 nitrogen and oxygen atoms in total. The Morgan fingerprint density at radius 2 is 1.38 bits per heavy atom. The summed E-state index contributed by atoms with van der Waals surface area (Å²) < 4.78 is 5.02. The lowest BCUT2D eigenvalue weighted by Gasteiger charge is -2.11. The molecule has 0 aliphatic carbocycles. The standard InChI is InChI=1S/C20H15N3O6/c1-11(24)29-10-12-8-9-17(20(27)28)23-18(12)15-6-2-4-13(21-15)14-5-3-7-16(22-14)19(25)26/h2-9H,10H2,1H3,(H,25,26)(H,27,28). The number of aromatic carboxylic acids is 2. The molecule has 3 heterocycles. The average Bonchev–Trinajstić information content (AvgIpc) is 2.72. The van der Waals surface area contributed by atoms with Crippen molar-refractivity contribution < 1.29 is 29.3 Å². The van der Waals surface area contributed by atoms with Crippen LogP contribution in [0, 0.1) is 0 Å². The third-order valence-electron chi connectivity index (χ3n) is 3.85. The molecule has 2 N–H and O–H groups in total. The van der Waals surface area contributed by atoms with E-state index in [0.29, 0.717) is 22.6 Å². The van der Waals surface area contributed by atoms with E-state index in [4.69, 9.17) is 9.84 Å². The average molecular weight is 393 g/mol. The first-order chi connectivity index (χ1) is 13.8. The Kier molecular flexibility index (Phi) is 5.59. The summed E-state index contributed by atoms with van der Waals surface area (Å²) in [5, 5.41) is 18.4. The normalized spacial score (nSPS) is 10.4. The van der Waals surface area contributed by atoms with Crippen LogP contribution in [0.3, 0.4) is 0 Å². The molecule has 0 amide bonds. The number of pyridine rings is 3. The summed E-state index contributed by atoms with van der Waals surface area (Å²) >= 11 is 0. The largest absolute Gasteiger partial charge is 0.477 e. The quantitative estimate of drug-likeness (QED) is 0.605. The zero-order valence-corrected chi connectivity index (χ0v) is 15.2. The van der Waals surface area contributed by atoms with E-state index < -0.39 is 17.9 Å². The van der Waals surface area contributed by atoms with E-state index in [-0.39, 0.29) is 23.7 Å². The minimum atomic E-state index is -1.21. The van der Waals surface area contributed by atoms with E-state index in [1.807, 2.05) is 0 Å². The minimum absolute atomic E-state index is 0.101. The molecular weight excluding hydrogens is 378 g/mol. The highest BCUT2D eigenvalue weighted by Gasteiger charge is 2.16. The number of aromatic nitrogens is 3. The van der Waals surface area contributed by atoms with Crippen LogP contribution in [0.15, 0.2) is 48.5 Å². The Bertz CT molecular complexity index is 1110. The van der Waals surface area contributed by atoms with Gasteiger partial charge in [-0.25, -0.2) is 24.5 Å². The van der Waals surface area contributed by atoms with Crippen LogP contribution in [0.4, 0.5) is 0 Å². The minimum Gasteiger partial charge on any atom is -0.477 e. The molecule has 0 aliphatic rings. The molecule has 0 fully saturated rings. The molecule has 0 atom stereocenters. The monoisotopic (exact) mass is 393 g/mol. The van der Waals surface area contributed by atoms with Gasteiger partial charge >= 0.3 is 17.9 Å². The fraction of sp³-hybridized carbons (Fsp3) is 0.100. The van der Waals surface area contributed by atoms with Gasteiger partial charge in [-0.1, -0.05) is 18.2 Å². The Labute approximate surface area is 164 Å². The van der Waals surface area contributed by atoms with Crippen LogP contribution in [-0.2, 0) is 16.1 Å². The first-order valence-electron chi connectivity index (χ1n) is 8.40. The second-order valence-corrected chi connectivity index (χ2v) is 5.91. The molecule has 0 aromatic carbocycles. The fourth-order valence-corrected chi connectivity index (χ4v) is 2.53. The number of esters is 1. The molecule has 0 saturated heterocycles. The first kappa shape index (κ1) is 19.6. The smallest absolute Gasteiger partial charge is 0.354 e. The van der Waals surface area contributed by atoms with Crippen molar-refractivity contribution in [3.05, 3.63) is 65.5 Å². The lowest BCUT2D eigenvalue weighted by molar-refractivity contribution is -0.142. The summed E-state index contributed by atoms with van der Waals surface area (Å²) in [6, 6.07) is 12.3. The highest BCUT2D eigenvalue weighted by Crippen LogP contribution is 2.24. The number of nitrogens with zero attached hydrogens (tertiary/aromatic N) is 3. The van der Waals surface area contributed by atoms with Crippen LogP contribution in [0.25, 0.3) is 22.8 Å². The molecule has 0 unspecified atom stereocenters. The molecule has 3 aromatic rings. The van der Waals surface area contributed by atoms with Crippen LogP contribution in [0.2, 0.25) is 0 Å². The van der Waals surface area contributed by atoms with E-state index in [1.165, 1.54) is 25.1 Å². The van der Waals surface area contributed by atoms with Gasteiger partial charge in [0.15, 0.2) is 0 Å². The zero-order valence-electron chi connectivity index (χ0n) is 15.2. The Hall–Kier alpha value is -4.14. The van der Waals surface area contributed by atoms with Gasteiger partial charge in [-0.3, -0.25) is 4.79 Å². The highest BCUT2D eigenvalue weighted by molar-refractivity contribution is 5.87. The van der Waals surface area contributed by atoms with Crippen molar-refractivity contribution >= 4 is 17.9 Å². The van der Waals surface area contributed by atoms with Crippen LogP contribution in [0.5, 0.6) is 0 Å². The van der Waals surface area contributed by atoms with Crippen molar-refractivity contribution in [3.8, 4) is 22.8 Å². The number of carbonyl (C=O) groups is 3. The lowest BCUT2D eigenvalue weighted by Crippen LogP contribution is -2.07. The molecule has 0 bridgehead atoms. The van der Waals surface area contributed by atoms with Crippen LogP contribution < -0.4 is 0 Å². The number of hydrogen-bond donors (Lipinski definition) is 2. The number of rotatable bonds is 6. The third-order valence-corrected chi connectivity index (χ3v) is 3.85. The molecular formula is C20H15N3O6. The van der Waals surface area contributed by atoms with Crippen molar-refractivity contribution in [1.29, 1.82) is 0 Å². The Balaban J connectivity index is 2.08.